The number of ether oxygens (including phenoxy) is 1. The SMILES string of the molecule is CC1(c2ccc(Br)cc2)COC=N1. The van der Waals surface area contributed by atoms with Crippen molar-refractivity contribution in [3.63, 3.8) is 0 Å². The second-order valence-electron chi connectivity index (χ2n) is 3.33. The lowest BCUT2D eigenvalue weighted by Crippen LogP contribution is -2.20. The zero-order valence-electron chi connectivity index (χ0n) is 7.33. The third kappa shape index (κ3) is 1.61. The van der Waals surface area contributed by atoms with Crippen LogP contribution in [0.5, 0.6) is 0 Å². The first-order chi connectivity index (χ1) is 6.21. The Morgan fingerprint density at radius 3 is 2.62 bits per heavy atom. The summed E-state index contributed by atoms with van der Waals surface area (Å²) in [5.41, 5.74) is 0.991. The molecule has 0 saturated carbocycles. The van der Waals surface area contributed by atoms with Gasteiger partial charge in [-0.15, -0.1) is 0 Å². The lowest BCUT2D eigenvalue weighted by atomic mass is 9.94. The largest absolute Gasteiger partial charge is 0.481 e. The average Bonchev–Trinajstić information content (AvgIpc) is 2.54. The van der Waals surface area contributed by atoms with Crippen molar-refractivity contribution < 1.29 is 4.74 Å². The fraction of sp³-hybridized carbons (Fsp3) is 0.300. The van der Waals surface area contributed by atoms with Crippen LogP contribution in [0.15, 0.2) is 33.7 Å². The summed E-state index contributed by atoms with van der Waals surface area (Å²) in [6.45, 7) is 2.70. The lowest BCUT2D eigenvalue weighted by Gasteiger charge is -2.18. The van der Waals surface area contributed by atoms with Crippen LogP contribution in [0.25, 0.3) is 0 Å². The summed E-state index contributed by atoms with van der Waals surface area (Å²) in [7, 11) is 0. The highest BCUT2D eigenvalue weighted by Crippen LogP contribution is 2.29. The molecular weight excluding hydrogens is 230 g/mol. The van der Waals surface area contributed by atoms with E-state index in [1.807, 2.05) is 12.1 Å². The van der Waals surface area contributed by atoms with E-state index in [9.17, 15) is 0 Å². The van der Waals surface area contributed by atoms with E-state index in [1.54, 1.807) is 0 Å². The van der Waals surface area contributed by atoms with Crippen LogP contribution < -0.4 is 0 Å². The van der Waals surface area contributed by atoms with Crippen molar-refractivity contribution >= 4 is 22.3 Å². The van der Waals surface area contributed by atoms with Gasteiger partial charge in [0.05, 0.1) is 0 Å². The van der Waals surface area contributed by atoms with Crippen molar-refractivity contribution in [1.82, 2.24) is 0 Å². The van der Waals surface area contributed by atoms with Crippen molar-refractivity contribution in [2.45, 2.75) is 12.5 Å². The highest BCUT2D eigenvalue weighted by molar-refractivity contribution is 9.10. The molecule has 2 rings (SSSR count). The first kappa shape index (κ1) is 8.75. The molecule has 1 aliphatic rings. The van der Waals surface area contributed by atoms with Crippen molar-refractivity contribution in [2.24, 2.45) is 4.99 Å². The third-order valence-corrected chi connectivity index (χ3v) is 2.77. The van der Waals surface area contributed by atoms with Gasteiger partial charge in [0.25, 0.3) is 0 Å². The predicted molar refractivity (Wildman–Crippen MR) is 55.9 cm³/mol. The molecule has 1 atom stereocenters. The number of hydrogen-bond donors (Lipinski definition) is 0. The van der Waals surface area contributed by atoms with Gasteiger partial charge in [0, 0.05) is 4.47 Å². The van der Waals surface area contributed by atoms with E-state index in [4.69, 9.17) is 4.74 Å². The van der Waals surface area contributed by atoms with Crippen molar-refractivity contribution in [2.75, 3.05) is 6.61 Å². The fourth-order valence-electron chi connectivity index (χ4n) is 1.36. The molecule has 0 spiro atoms. The second-order valence-corrected chi connectivity index (χ2v) is 4.24. The molecule has 0 bridgehead atoms. The summed E-state index contributed by atoms with van der Waals surface area (Å²) in [5, 5.41) is 0. The van der Waals surface area contributed by atoms with Gasteiger partial charge in [-0.05, 0) is 24.6 Å². The zero-order chi connectivity index (χ0) is 9.31. The maximum atomic E-state index is 5.14. The van der Waals surface area contributed by atoms with Crippen LogP contribution in [0, 0.1) is 0 Å². The van der Waals surface area contributed by atoms with Crippen LogP contribution >= 0.6 is 15.9 Å². The number of aliphatic imine (C=N–C) groups is 1. The van der Waals surface area contributed by atoms with Gasteiger partial charge in [-0.2, -0.15) is 0 Å². The van der Waals surface area contributed by atoms with Crippen LogP contribution in [0.2, 0.25) is 0 Å². The van der Waals surface area contributed by atoms with Crippen LogP contribution in [0.4, 0.5) is 0 Å². The molecule has 68 valence electrons. The molecule has 1 heterocycles. The maximum absolute atomic E-state index is 5.14. The molecule has 1 aromatic rings. The lowest BCUT2D eigenvalue weighted by molar-refractivity contribution is 0.276. The van der Waals surface area contributed by atoms with Crippen molar-refractivity contribution in [1.29, 1.82) is 0 Å². The van der Waals surface area contributed by atoms with Gasteiger partial charge in [0.15, 0.2) is 6.40 Å². The van der Waals surface area contributed by atoms with Gasteiger partial charge in [-0.3, -0.25) is 0 Å². The molecule has 0 fully saturated rings. The minimum Gasteiger partial charge on any atom is -0.481 e. The Morgan fingerprint density at radius 1 is 1.38 bits per heavy atom. The molecule has 2 nitrogen and oxygen atoms in total. The third-order valence-electron chi connectivity index (χ3n) is 2.24. The normalized spacial score (nSPS) is 26.0. The Balaban J connectivity index is 2.35. The maximum Gasteiger partial charge on any atom is 0.170 e. The summed E-state index contributed by atoms with van der Waals surface area (Å²) < 4.78 is 6.23. The van der Waals surface area contributed by atoms with Gasteiger partial charge in [-0.1, -0.05) is 28.1 Å². The van der Waals surface area contributed by atoms with E-state index in [0.29, 0.717) is 6.61 Å². The molecular formula is C10H10BrNO. The Kier molecular flexibility index (Phi) is 2.12. The van der Waals surface area contributed by atoms with Crippen LogP contribution in [0.3, 0.4) is 0 Å². The number of rotatable bonds is 1. The summed E-state index contributed by atoms with van der Waals surface area (Å²) in [5.74, 6) is 0. The quantitative estimate of drug-likeness (QED) is 0.739. The van der Waals surface area contributed by atoms with Gasteiger partial charge in [-0.25, -0.2) is 4.99 Å². The molecule has 1 aliphatic heterocycles. The van der Waals surface area contributed by atoms with Gasteiger partial charge < -0.3 is 4.74 Å². The fourth-order valence-corrected chi connectivity index (χ4v) is 1.62. The minimum absolute atomic E-state index is 0.194. The molecule has 0 saturated heterocycles. The van der Waals surface area contributed by atoms with Gasteiger partial charge >= 0.3 is 0 Å². The van der Waals surface area contributed by atoms with E-state index < -0.39 is 0 Å². The minimum atomic E-state index is -0.194. The highest BCUT2D eigenvalue weighted by atomic mass is 79.9. The Morgan fingerprint density at radius 2 is 2.08 bits per heavy atom. The average molecular weight is 240 g/mol. The second kappa shape index (κ2) is 3.14. The predicted octanol–water partition coefficient (Wildman–Crippen LogP) is 2.72. The van der Waals surface area contributed by atoms with E-state index in [-0.39, 0.29) is 5.54 Å². The van der Waals surface area contributed by atoms with E-state index in [2.05, 4.69) is 40.0 Å². The van der Waals surface area contributed by atoms with Gasteiger partial charge in [0.1, 0.15) is 12.1 Å². The number of nitrogens with zero attached hydrogens (tertiary/aromatic N) is 1. The van der Waals surface area contributed by atoms with Crippen molar-refractivity contribution in [3.05, 3.63) is 34.3 Å². The van der Waals surface area contributed by atoms with E-state index in [0.717, 1.165) is 4.47 Å². The molecule has 0 N–H and O–H groups in total. The summed E-state index contributed by atoms with van der Waals surface area (Å²) in [6, 6.07) is 8.18. The Labute approximate surface area is 85.8 Å². The molecule has 0 aliphatic carbocycles. The first-order valence-corrected chi connectivity index (χ1v) is 4.91. The molecule has 0 aromatic heterocycles. The molecule has 3 heteroatoms. The number of halogens is 1. The molecule has 0 radical (unpaired) electrons. The molecule has 0 amide bonds. The summed E-state index contributed by atoms with van der Waals surface area (Å²) in [6.07, 6.45) is 1.53. The highest BCUT2D eigenvalue weighted by Gasteiger charge is 2.29. The first-order valence-electron chi connectivity index (χ1n) is 4.12. The van der Waals surface area contributed by atoms with Crippen LogP contribution in [-0.2, 0) is 10.3 Å². The number of benzene rings is 1. The van der Waals surface area contributed by atoms with Crippen LogP contribution in [-0.4, -0.2) is 13.0 Å². The zero-order valence-corrected chi connectivity index (χ0v) is 8.91. The summed E-state index contributed by atoms with van der Waals surface area (Å²) in [4.78, 5) is 4.31. The van der Waals surface area contributed by atoms with E-state index >= 15 is 0 Å². The number of hydrogen-bond acceptors (Lipinski definition) is 2. The van der Waals surface area contributed by atoms with Gasteiger partial charge in [0.2, 0.25) is 0 Å². The standard InChI is InChI=1S/C10H10BrNO/c1-10(6-13-7-12-10)8-2-4-9(11)5-3-8/h2-5,7H,6H2,1H3. The molecule has 1 aromatic carbocycles. The topological polar surface area (TPSA) is 21.6 Å². The van der Waals surface area contributed by atoms with E-state index in [1.165, 1.54) is 12.0 Å². The van der Waals surface area contributed by atoms with Crippen LogP contribution in [0.1, 0.15) is 12.5 Å². The molecule has 1 unspecified atom stereocenters. The smallest absolute Gasteiger partial charge is 0.170 e. The molecule has 13 heavy (non-hydrogen) atoms. The summed E-state index contributed by atoms with van der Waals surface area (Å²) >= 11 is 3.40. The monoisotopic (exact) mass is 239 g/mol. The Bertz CT molecular complexity index is 333. The Hall–Kier alpha value is -0.830. The van der Waals surface area contributed by atoms with Crippen molar-refractivity contribution in [3.8, 4) is 0 Å².